The predicted octanol–water partition coefficient (Wildman–Crippen LogP) is -0.0873. The second-order valence-corrected chi connectivity index (χ2v) is 7.97. The van der Waals surface area contributed by atoms with Gasteiger partial charge in [-0.15, -0.1) is 0 Å². The molecule has 26 heavy (non-hydrogen) atoms. The maximum absolute atomic E-state index is 12.6. The number of nitrogens with zero attached hydrogens (tertiary/aromatic N) is 2. The minimum absolute atomic E-state index is 0.109. The normalized spacial score (nSPS) is 19.6. The number of benzene rings is 1. The summed E-state index contributed by atoms with van der Waals surface area (Å²) < 4.78 is 23.1. The standard InChI is InChI=1S/C15H16N4O6S/c1-8-13(18-15(22)23)14(21)17-10-5-9(6-16)3-4-11(10)19(8)12(20)7-26(2,24)25/h3-5,8,13,18H,7H2,1-2H3,(H,17,21)(H,22,23)/t8-,13-/m0/s1. The lowest BCUT2D eigenvalue weighted by Gasteiger charge is -2.31. The number of hydrogen-bond acceptors (Lipinski definition) is 6. The molecule has 138 valence electrons. The van der Waals surface area contributed by atoms with Crippen molar-refractivity contribution in [1.82, 2.24) is 5.32 Å². The van der Waals surface area contributed by atoms with Gasteiger partial charge in [0, 0.05) is 6.26 Å². The molecule has 0 aromatic heterocycles. The Balaban J connectivity index is 2.60. The quantitative estimate of drug-likeness (QED) is 0.661. The van der Waals surface area contributed by atoms with Gasteiger partial charge in [0.15, 0.2) is 9.84 Å². The summed E-state index contributed by atoms with van der Waals surface area (Å²) in [5.74, 6) is -2.37. The SMILES string of the molecule is C[C@H]1[C@H](NC(=O)O)C(=O)Nc2cc(C#N)ccc2N1C(=O)CS(C)(=O)=O. The first-order chi connectivity index (χ1) is 12.0. The van der Waals surface area contributed by atoms with Gasteiger partial charge in [0.2, 0.25) is 11.8 Å². The van der Waals surface area contributed by atoms with E-state index < -0.39 is 45.6 Å². The Morgan fingerprint density at radius 1 is 1.42 bits per heavy atom. The zero-order valence-electron chi connectivity index (χ0n) is 13.9. The summed E-state index contributed by atoms with van der Waals surface area (Å²) in [6, 6.07) is 3.67. The first kappa shape index (κ1) is 19.2. The Morgan fingerprint density at radius 3 is 2.62 bits per heavy atom. The van der Waals surface area contributed by atoms with E-state index in [0.717, 1.165) is 11.2 Å². The van der Waals surface area contributed by atoms with Gasteiger partial charge < -0.3 is 20.6 Å². The number of carboxylic acid groups (broad SMARTS) is 1. The minimum atomic E-state index is -3.66. The van der Waals surface area contributed by atoms with E-state index in [0.29, 0.717) is 0 Å². The second-order valence-electron chi connectivity index (χ2n) is 5.83. The van der Waals surface area contributed by atoms with Crippen LogP contribution in [0.4, 0.5) is 16.2 Å². The topological polar surface area (TPSA) is 157 Å². The van der Waals surface area contributed by atoms with Crippen molar-refractivity contribution in [2.45, 2.75) is 19.0 Å². The van der Waals surface area contributed by atoms with E-state index in [1.807, 2.05) is 11.4 Å². The predicted molar refractivity (Wildman–Crippen MR) is 91.4 cm³/mol. The van der Waals surface area contributed by atoms with Crippen molar-refractivity contribution in [3.05, 3.63) is 23.8 Å². The van der Waals surface area contributed by atoms with Gasteiger partial charge >= 0.3 is 6.09 Å². The molecule has 2 rings (SSSR count). The number of anilines is 2. The molecule has 11 heteroatoms. The third-order valence-electron chi connectivity index (χ3n) is 3.75. The molecule has 0 saturated heterocycles. The van der Waals surface area contributed by atoms with Crippen LogP contribution in [-0.2, 0) is 19.4 Å². The highest BCUT2D eigenvalue weighted by Gasteiger charge is 2.39. The minimum Gasteiger partial charge on any atom is -0.465 e. The molecule has 1 heterocycles. The Hall–Kier alpha value is -3.13. The van der Waals surface area contributed by atoms with E-state index in [1.54, 1.807) is 0 Å². The van der Waals surface area contributed by atoms with E-state index in [-0.39, 0.29) is 16.9 Å². The van der Waals surface area contributed by atoms with Crippen LogP contribution in [0.3, 0.4) is 0 Å². The summed E-state index contributed by atoms with van der Waals surface area (Å²) in [6.07, 6.45) is -0.583. The molecule has 2 atom stereocenters. The molecule has 1 aliphatic heterocycles. The van der Waals surface area contributed by atoms with Crippen molar-refractivity contribution in [2.75, 3.05) is 22.2 Å². The molecule has 0 bridgehead atoms. The van der Waals surface area contributed by atoms with Gasteiger partial charge in [-0.05, 0) is 25.1 Å². The summed E-state index contributed by atoms with van der Waals surface area (Å²) in [5, 5.41) is 22.5. The molecule has 0 unspecified atom stereocenters. The number of fused-ring (bicyclic) bond motifs is 1. The summed E-state index contributed by atoms with van der Waals surface area (Å²) >= 11 is 0. The van der Waals surface area contributed by atoms with Crippen molar-refractivity contribution in [2.24, 2.45) is 0 Å². The van der Waals surface area contributed by atoms with Crippen LogP contribution in [0, 0.1) is 11.3 Å². The Bertz CT molecular complexity index is 921. The van der Waals surface area contributed by atoms with Crippen LogP contribution in [0.1, 0.15) is 12.5 Å². The molecule has 0 saturated carbocycles. The third kappa shape index (κ3) is 4.09. The summed E-state index contributed by atoms with van der Waals surface area (Å²) in [6.45, 7) is 1.42. The average Bonchev–Trinajstić information content (AvgIpc) is 2.60. The molecule has 0 radical (unpaired) electrons. The van der Waals surface area contributed by atoms with Crippen molar-refractivity contribution in [1.29, 1.82) is 5.26 Å². The van der Waals surface area contributed by atoms with Crippen LogP contribution < -0.4 is 15.5 Å². The van der Waals surface area contributed by atoms with Crippen LogP contribution in [-0.4, -0.2) is 55.5 Å². The molecule has 1 aliphatic rings. The fourth-order valence-electron chi connectivity index (χ4n) is 2.69. The molecular weight excluding hydrogens is 364 g/mol. The lowest BCUT2D eigenvalue weighted by Crippen LogP contribution is -2.56. The van der Waals surface area contributed by atoms with Crippen molar-refractivity contribution in [3.63, 3.8) is 0 Å². The van der Waals surface area contributed by atoms with Crippen molar-refractivity contribution in [3.8, 4) is 6.07 Å². The Kier molecular flexibility index (Phi) is 5.17. The van der Waals surface area contributed by atoms with Crippen molar-refractivity contribution < 1.29 is 27.9 Å². The first-order valence-electron chi connectivity index (χ1n) is 7.37. The van der Waals surface area contributed by atoms with E-state index in [9.17, 15) is 22.8 Å². The molecule has 0 spiro atoms. The van der Waals surface area contributed by atoms with Crippen LogP contribution in [0.2, 0.25) is 0 Å². The number of carbonyl (C=O) groups is 3. The zero-order chi connectivity index (χ0) is 19.6. The fourth-order valence-corrected chi connectivity index (χ4v) is 3.28. The van der Waals surface area contributed by atoms with Crippen LogP contribution in [0.5, 0.6) is 0 Å². The zero-order valence-corrected chi connectivity index (χ0v) is 14.7. The van der Waals surface area contributed by atoms with Crippen LogP contribution in [0.25, 0.3) is 0 Å². The van der Waals surface area contributed by atoms with Gasteiger partial charge in [-0.1, -0.05) is 0 Å². The first-order valence-corrected chi connectivity index (χ1v) is 9.44. The Labute approximate surface area is 149 Å². The van der Waals surface area contributed by atoms with E-state index in [2.05, 4.69) is 5.32 Å². The highest BCUT2D eigenvalue weighted by atomic mass is 32.2. The van der Waals surface area contributed by atoms with E-state index >= 15 is 0 Å². The third-order valence-corrected chi connectivity index (χ3v) is 4.52. The molecule has 0 fully saturated rings. The Morgan fingerprint density at radius 2 is 2.08 bits per heavy atom. The monoisotopic (exact) mass is 380 g/mol. The smallest absolute Gasteiger partial charge is 0.405 e. The number of sulfone groups is 1. The fraction of sp³-hybridized carbons (Fsp3) is 0.333. The van der Waals surface area contributed by atoms with Gasteiger partial charge in [-0.25, -0.2) is 13.2 Å². The summed E-state index contributed by atoms with van der Waals surface area (Å²) in [5.41, 5.74) is 0.488. The molecule has 1 aromatic rings. The highest BCUT2D eigenvalue weighted by molar-refractivity contribution is 7.91. The number of nitriles is 1. The number of carbonyl (C=O) groups excluding carboxylic acids is 2. The molecule has 1 aromatic carbocycles. The van der Waals surface area contributed by atoms with Gasteiger partial charge in [-0.2, -0.15) is 5.26 Å². The molecule has 3 N–H and O–H groups in total. The average molecular weight is 380 g/mol. The van der Waals surface area contributed by atoms with Gasteiger partial charge in [0.05, 0.1) is 29.0 Å². The van der Waals surface area contributed by atoms with Crippen LogP contribution >= 0.6 is 0 Å². The van der Waals surface area contributed by atoms with Gasteiger partial charge in [0.25, 0.3) is 0 Å². The molecular formula is C15H16N4O6S. The summed E-state index contributed by atoms with van der Waals surface area (Å²) in [4.78, 5) is 37.1. The molecule has 3 amide bonds. The second kappa shape index (κ2) is 7.01. The van der Waals surface area contributed by atoms with Crippen LogP contribution in [0.15, 0.2) is 18.2 Å². The number of rotatable bonds is 3. The number of nitrogens with one attached hydrogen (secondary N) is 2. The lowest BCUT2D eigenvalue weighted by atomic mass is 10.1. The molecule has 0 aliphatic carbocycles. The maximum Gasteiger partial charge on any atom is 0.405 e. The van der Waals surface area contributed by atoms with E-state index in [4.69, 9.17) is 10.4 Å². The largest absolute Gasteiger partial charge is 0.465 e. The van der Waals surface area contributed by atoms with E-state index in [1.165, 1.54) is 25.1 Å². The lowest BCUT2D eigenvalue weighted by molar-refractivity contribution is -0.119. The summed E-state index contributed by atoms with van der Waals surface area (Å²) in [7, 11) is -3.66. The maximum atomic E-state index is 12.6. The van der Waals surface area contributed by atoms with Gasteiger partial charge in [-0.3, -0.25) is 9.59 Å². The highest BCUT2D eigenvalue weighted by Crippen LogP contribution is 2.32. The van der Waals surface area contributed by atoms with Gasteiger partial charge in [0.1, 0.15) is 11.8 Å². The number of hydrogen-bond donors (Lipinski definition) is 3. The molecule has 10 nitrogen and oxygen atoms in total. The van der Waals surface area contributed by atoms with Crippen molar-refractivity contribution >= 4 is 39.1 Å². The number of amides is 3.